The summed E-state index contributed by atoms with van der Waals surface area (Å²) in [6.07, 6.45) is 5.12. The normalized spacial score (nSPS) is 10.7. The Morgan fingerprint density at radius 3 is 2.55 bits per heavy atom. The van der Waals surface area contributed by atoms with Crippen molar-refractivity contribution in [2.45, 2.75) is 6.54 Å². The van der Waals surface area contributed by atoms with Gasteiger partial charge in [0.25, 0.3) is 5.91 Å². The lowest BCUT2D eigenvalue weighted by Crippen LogP contribution is -2.23. The standard InChI is InChI=1S/C23H22N4O4/c1-29-17-9-7-15(8-10-17)20-22-26-18(14-27(22)12-11-24-20)23(28)25-13-16-5-4-6-19(30-2)21(16)31-3/h4-12,14H,13H2,1-3H3,(H,25,28). The van der Waals surface area contributed by atoms with Crippen molar-refractivity contribution >= 4 is 11.6 Å². The third kappa shape index (κ3) is 4.00. The number of carbonyl (C=O) groups excluding carboxylic acids is 1. The number of para-hydroxylation sites is 1. The van der Waals surface area contributed by atoms with E-state index in [2.05, 4.69) is 15.3 Å². The van der Waals surface area contributed by atoms with Crippen LogP contribution in [0.4, 0.5) is 0 Å². The van der Waals surface area contributed by atoms with Gasteiger partial charge in [-0.3, -0.25) is 9.78 Å². The molecule has 31 heavy (non-hydrogen) atoms. The molecule has 0 aliphatic heterocycles. The summed E-state index contributed by atoms with van der Waals surface area (Å²) in [6.45, 7) is 0.274. The Morgan fingerprint density at radius 2 is 1.84 bits per heavy atom. The van der Waals surface area contributed by atoms with Crippen LogP contribution in [0.3, 0.4) is 0 Å². The van der Waals surface area contributed by atoms with E-state index in [4.69, 9.17) is 14.2 Å². The molecular weight excluding hydrogens is 396 g/mol. The molecule has 8 heteroatoms. The minimum Gasteiger partial charge on any atom is -0.497 e. The van der Waals surface area contributed by atoms with E-state index >= 15 is 0 Å². The van der Waals surface area contributed by atoms with E-state index in [1.165, 1.54) is 0 Å². The number of imidazole rings is 1. The first-order chi connectivity index (χ1) is 15.1. The zero-order valence-electron chi connectivity index (χ0n) is 17.5. The molecule has 4 rings (SSSR count). The van der Waals surface area contributed by atoms with Crippen LogP contribution in [0.15, 0.2) is 61.1 Å². The Labute approximate surface area is 179 Å². The Kier molecular flexibility index (Phi) is 5.70. The number of nitrogens with zero attached hydrogens (tertiary/aromatic N) is 3. The summed E-state index contributed by atoms with van der Waals surface area (Å²) in [5.41, 5.74) is 3.25. The molecule has 158 valence electrons. The second-order valence-corrected chi connectivity index (χ2v) is 6.70. The third-order valence-corrected chi connectivity index (χ3v) is 4.89. The molecule has 0 unspecified atom stereocenters. The number of fused-ring (bicyclic) bond motifs is 1. The number of amides is 1. The first-order valence-corrected chi connectivity index (χ1v) is 9.60. The van der Waals surface area contributed by atoms with Gasteiger partial charge in [0.05, 0.1) is 21.3 Å². The van der Waals surface area contributed by atoms with Gasteiger partial charge in [-0.1, -0.05) is 12.1 Å². The average molecular weight is 418 g/mol. The number of aromatic nitrogens is 3. The highest BCUT2D eigenvalue weighted by Crippen LogP contribution is 2.30. The van der Waals surface area contributed by atoms with E-state index < -0.39 is 0 Å². The van der Waals surface area contributed by atoms with Gasteiger partial charge in [0.15, 0.2) is 17.1 Å². The molecular formula is C23H22N4O4. The van der Waals surface area contributed by atoms with Gasteiger partial charge in [-0.15, -0.1) is 0 Å². The van der Waals surface area contributed by atoms with E-state index in [1.807, 2.05) is 36.4 Å². The molecule has 4 aromatic rings. The quantitative estimate of drug-likeness (QED) is 0.495. The van der Waals surface area contributed by atoms with Crippen LogP contribution < -0.4 is 19.5 Å². The van der Waals surface area contributed by atoms with Crippen LogP contribution in [-0.2, 0) is 6.54 Å². The van der Waals surface area contributed by atoms with Crippen molar-refractivity contribution in [1.82, 2.24) is 19.7 Å². The van der Waals surface area contributed by atoms with Crippen LogP contribution >= 0.6 is 0 Å². The van der Waals surface area contributed by atoms with Gasteiger partial charge in [0.2, 0.25) is 0 Å². The SMILES string of the molecule is COc1ccc(-c2nccn3cc(C(=O)NCc4cccc(OC)c4OC)nc23)cc1. The summed E-state index contributed by atoms with van der Waals surface area (Å²) in [4.78, 5) is 21.8. The van der Waals surface area contributed by atoms with Crippen LogP contribution in [0.5, 0.6) is 17.2 Å². The van der Waals surface area contributed by atoms with E-state index in [0.29, 0.717) is 28.5 Å². The van der Waals surface area contributed by atoms with E-state index in [1.54, 1.807) is 50.4 Å². The molecule has 2 aromatic heterocycles. The van der Waals surface area contributed by atoms with Gasteiger partial charge in [-0.2, -0.15) is 0 Å². The van der Waals surface area contributed by atoms with Crippen LogP contribution in [0.1, 0.15) is 16.1 Å². The summed E-state index contributed by atoms with van der Waals surface area (Å²) >= 11 is 0. The molecule has 0 saturated carbocycles. The van der Waals surface area contributed by atoms with Crippen molar-refractivity contribution in [3.05, 3.63) is 72.3 Å². The van der Waals surface area contributed by atoms with Gasteiger partial charge < -0.3 is 23.9 Å². The fraction of sp³-hybridized carbons (Fsp3) is 0.174. The fourth-order valence-electron chi connectivity index (χ4n) is 3.34. The summed E-state index contributed by atoms with van der Waals surface area (Å²) < 4.78 is 17.7. The number of nitrogens with one attached hydrogen (secondary N) is 1. The third-order valence-electron chi connectivity index (χ3n) is 4.89. The Bertz CT molecular complexity index is 1220. The summed E-state index contributed by atoms with van der Waals surface area (Å²) in [6, 6.07) is 13.1. The lowest BCUT2D eigenvalue weighted by Gasteiger charge is -2.12. The lowest BCUT2D eigenvalue weighted by atomic mass is 10.1. The number of ether oxygens (including phenoxy) is 3. The predicted octanol–water partition coefficient (Wildman–Crippen LogP) is 3.35. The molecule has 0 bridgehead atoms. The Balaban J connectivity index is 1.58. The number of methoxy groups -OCH3 is 3. The highest BCUT2D eigenvalue weighted by Gasteiger charge is 2.16. The second-order valence-electron chi connectivity index (χ2n) is 6.70. The highest BCUT2D eigenvalue weighted by atomic mass is 16.5. The largest absolute Gasteiger partial charge is 0.497 e. The maximum Gasteiger partial charge on any atom is 0.271 e. The summed E-state index contributed by atoms with van der Waals surface area (Å²) in [5, 5.41) is 2.89. The Morgan fingerprint density at radius 1 is 1.03 bits per heavy atom. The van der Waals surface area contributed by atoms with Crippen LogP contribution in [-0.4, -0.2) is 41.6 Å². The number of carbonyl (C=O) groups is 1. The summed E-state index contributed by atoms with van der Waals surface area (Å²) in [7, 11) is 4.76. The van der Waals surface area contributed by atoms with Crippen molar-refractivity contribution in [1.29, 1.82) is 0 Å². The van der Waals surface area contributed by atoms with Crippen molar-refractivity contribution in [3.8, 4) is 28.5 Å². The van der Waals surface area contributed by atoms with E-state index in [0.717, 1.165) is 16.9 Å². The van der Waals surface area contributed by atoms with Crippen LogP contribution in [0.25, 0.3) is 16.9 Å². The number of rotatable bonds is 7. The molecule has 2 heterocycles. The molecule has 1 N–H and O–H groups in total. The molecule has 0 saturated heterocycles. The van der Waals surface area contributed by atoms with Gasteiger partial charge in [-0.05, 0) is 30.3 Å². The zero-order chi connectivity index (χ0) is 21.8. The van der Waals surface area contributed by atoms with Gasteiger partial charge in [-0.25, -0.2) is 4.98 Å². The number of benzene rings is 2. The summed E-state index contributed by atoms with van der Waals surface area (Å²) in [5.74, 6) is 1.66. The molecule has 0 atom stereocenters. The molecule has 0 aliphatic carbocycles. The predicted molar refractivity (Wildman–Crippen MR) is 116 cm³/mol. The van der Waals surface area contributed by atoms with Crippen LogP contribution in [0, 0.1) is 0 Å². The van der Waals surface area contributed by atoms with Gasteiger partial charge in [0, 0.05) is 36.3 Å². The van der Waals surface area contributed by atoms with Crippen molar-refractivity contribution < 1.29 is 19.0 Å². The van der Waals surface area contributed by atoms with Crippen molar-refractivity contribution in [2.75, 3.05) is 21.3 Å². The highest BCUT2D eigenvalue weighted by molar-refractivity contribution is 5.93. The zero-order valence-corrected chi connectivity index (χ0v) is 17.5. The molecule has 2 aromatic carbocycles. The maximum atomic E-state index is 12.8. The molecule has 0 radical (unpaired) electrons. The van der Waals surface area contributed by atoms with Crippen LogP contribution in [0.2, 0.25) is 0 Å². The van der Waals surface area contributed by atoms with Crippen molar-refractivity contribution in [2.24, 2.45) is 0 Å². The molecule has 0 spiro atoms. The minimum atomic E-state index is -0.297. The first kappa shape index (κ1) is 20.2. The number of hydrogen-bond donors (Lipinski definition) is 1. The van der Waals surface area contributed by atoms with Gasteiger partial charge in [0.1, 0.15) is 17.1 Å². The second kappa shape index (κ2) is 8.74. The molecule has 0 fully saturated rings. The fourth-order valence-corrected chi connectivity index (χ4v) is 3.34. The smallest absolute Gasteiger partial charge is 0.271 e. The Hall–Kier alpha value is -4.07. The minimum absolute atomic E-state index is 0.274. The molecule has 0 aliphatic rings. The molecule has 8 nitrogen and oxygen atoms in total. The van der Waals surface area contributed by atoms with Crippen molar-refractivity contribution in [3.63, 3.8) is 0 Å². The topological polar surface area (TPSA) is 87.0 Å². The average Bonchev–Trinajstić information content (AvgIpc) is 3.27. The van der Waals surface area contributed by atoms with E-state index in [-0.39, 0.29) is 12.5 Å². The van der Waals surface area contributed by atoms with Gasteiger partial charge >= 0.3 is 0 Å². The number of hydrogen-bond acceptors (Lipinski definition) is 6. The lowest BCUT2D eigenvalue weighted by molar-refractivity contribution is 0.0946. The van der Waals surface area contributed by atoms with E-state index in [9.17, 15) is 4.79 Å². The molecule has 1 amide bonds. The maximum absolute atomic E-state index is 12.8. The monoisotopic (exact) mass is 418 g/mol. The first-order valence-electron chi connectivity index (χ1n) is 9.60.